The Bertz CT molecular complexity index is 1080. The molecule has 1 aliphatic heterocycles. The molecular formula is C25H30ClN5O4. The zero-order valence-electron chi connectivity index (χ0n) is 19.6. The molecule has 3 rings (SSSR count). The largest absolute Gasteiger partial charge is 0.489 e. The molecule has 0 bridgehead atoms. The van der Waals surface area contributed by atoms with E-state index in [1.807, 2.05) is 12.1 Å². The van der Waals surface area contributed by atoms with Crippen LogP contribution in [0.25, 0.3) is 5.57 Å². The number of hydrogen-bond acceptors (Lipinski definition) is 7. The Kier molecular flexibility index (Phi) is 9.63. The van der Waals surface area contributed by atoms with Gasteiger partial charge in [0.25, 0.3) is 5.91 Å². The van der Waals surface area contributed by atoms with Crippen molar-refractivity contribution in [2.45, 2.75) is 32.4 Å². The topological polar surface area (TPSA) is 130 Å². The Morgan fingerprint density at radius 1 is 1.31 bits per heavy atom. The summed E-state index contributed by atoms with van der Waals surface area (Å²) < 4.78 is 6.29. The van der Waals surface area contributed by atoms with Crippen LogP contribution in [0.5, 0.6) is 5.75 Å². The first-order chi connectivity index (χ1) is 16.9. The number of ether oxygens (including phenoxy) is 1. The first kappa shape index (κ1) is 26.2. The summed E-state index contributed by atoms with van der Waals surface area (Å²) in [6, 6.07) is 8.79. The van der Waals surface area contributed by atoms with Gasteiger partial charge in [0.1, 0.15) is 17.5 Å². The molecule has 0 atom stereocenters. The van der Waals surface area contributed by atoms with E-state index >= 15 is 0 Å². The van der Waals surface area contributed by atoms with Crippen molar-refractivity contribution in [2.24, 2.45) is 10.7 Å². The number of nitrogens with two attached hydrogens (primary N) is 1. The number of carbonyl (C=O) groups is 2. The number of aromatic nitrogens is 1. The van der Waals surface area contributed by atoms with Crippen molar-refractivity contribution in [3.05, 3.63) is 64.6 Å². The van der Waals surface area contributed by atoms with Crippen LogP contribution in [0.2, 0.25) is 5.02 Å². The van der Waals surface area contributed by atoms with Gasteiger partial charge in [-0.3, -0.25) is 19.6 Å². The number of amides is 2. The number of hydrogen-bond donors (Lipinski definition) is 3. The number of carbonyl (C=O) groups excluding carboxylic acids is 2. The number of rotatable bonds is 9. The summed E-state index contributed by atoms with van der Waals surface area (Å²) in [7, 11) is 0. The fraction of sp³-hybridized carbons (Fsp3) is 0.360. The molecular weight excluding hydrogens is 470 g/mol. The van der Waals surface area contributed by atoms with Crippen molar-refractivity contribution in [3.63, 3.8) is 0 Å². The Labute approximate surface area is 209 Å². The number of nitrogens with zero attached hydrogens (tertiary/aromatic N) is 3. The van der Waals surface area contributed by atoms with Crippen LogP contribution < -0.4 is 15.8 Å². The lowest BCUT2D eigenvalue weighted by molar-refractivity contribution is -0.130. The van der Waals surface area contributed by atoms with Gasteiger partial charge in [-0.25, -0.2) is 0 Å². The summed E-state index contributed by atoms with van der Waals surface area (Å²) in [5.74, 6) is 0.140. The molecule has 4 N–H and O–H groups in total. The number of aliphatic hydroxyl groups is 1. The standard InChI is InChI=1S/C25H30ClN5O4/c1-17(33)31-9-6-21(7-10-31)35-24-12-23(25(34)30-14-18-2-4-20(26)5-3-18)29-16-22(24)19(13-27)15-28-8-11-32/h2-5,12-13,15-16,21,32H,6-11,14,27H2,1H3,(H,30,34). The molecule has 0 radical (unpaired) electrons. The molecule has 1 aromatic heterocycles. The fourth-order valence-corrected chi connectivity index (χ4v) is 3.77. The molecule has 10 heteroatoms. The minimum atomic E-state index is -0.352. The Hall–Kier alpha value is -3.43. The lowest BCUT2D eigenvalue weighted by atomic mass is 10.1. The molecule has 1 aromatic carbocycles. The van der Waals surface area contributed by atoms with Gasteiger partial charge in [0, 0.05) is 80.2 Å². The normalized spacial score (nSPS) is 14.8. The van der Waals surface area contributed by atoms with Crippen molar-refractivity contribution in [1.29, 1.82) is 0 Å². The molecule has 1 aliphatic rings. The number of benzene rings is 1. The van der Waals surface area contributed by atoms with E-state index in [9.17, 15) is 9.59 Å². The third-order valence-corrected chi connectivity index (χ3v) is 5.85. The highest BCUT2D eigenvalue weighted by atomic mass is 35.5. The number of piperidine rings is 1. The number of nitrogens with one attached hydrogen (secondary N) is 1. The van der Waals surface area contributed by atoms with Crippen molar-refractivity contribution in [1.82, 2.24) is 15.2 Å². The van der Waals surface area contributed by atoms with Gasteiger partial charge in [-0.15, -0.1) is 0 Å². The number of halogens is 1. The average molecular weight is 500 g/mol. The number of aliphatic imine (C=N–C) groups is 1. The molecule has 1 saturated heterocycles. The van der Waals surface area contributed by atoms with Crippen molar-refractivity contribution in [3.8, 4) is 5.75 Å². The third kappa shape index (κ3) is 7.53. The molecule has 35 heavy (non-hydrogen) atoms. The van der Waals surface area contributed by atoms with Crippen LogP contribution in [0.4, 0.5) is 0 Å². The van der Waals surface area contributed by atoms with Gasteiger partial charge in [-0.2, -0.15) is 0 Å². The summed E-state index contributed by atoms with van der Waals surface area (Å²) in [5, 5.41) is 12.5. The minimum Gasteiger partial charge on any atom is -0.489 e. The van der Waals surface area contributed by atoms with Crippen molar-refractivity contribution >= 4 is 35.2 Å². The van der Waals surface area contributed by atoms with E-state index in [2.05, 4.69) is 15.3 Å². The predicted molar refractivity (Wildman–Crippen MR) is 135 cm³/mol. The van der Waals surface area contributed by atoms with E-state index in [0.29, 0.717) is 54.4 Å². The highest BCUT2D eigenvalue weighted by Gasteiger charge is 2.24. The van der Waals surface area contributed by atoms with Crippen LogP contribution in [-0.2, 0) is 11.3 Å². The van der Waals surface area contributed by atoms with Crippen LogP contribution in [0, 0.1) is 0 Å². The zero-order chi connectivity index (χ0) is 25.2. The molecule has 0 aliphatic carbocycles. The van der Waals surface area contributed by atoms with E-state index < -0.39 is 0 Å². The van der Waals surface area contributed by atoms with E-state index in [-0.39, 0.29) is 36.8 Å². The molecule has 9 nitrogen and oxygen atoms in total. The van der Waals surface area contributed by atoms with Crippen molar-refractivity contribution in [2.75, 3.05) is 26.2 Å². The van der Waals surface area contributed by atoms with Gasteiger partial charge in [-0.1, -0.05) is 23.7 Å². The van der Waals surface area contributed by atoms with Crippen LogP contribution in [-0.4, -0.2) is 65.4 Å². The number of pyridine rings is 1. The van der Waals surface area contributed by atoms with Gasteiger partial charge >= 0.3 is 0 Å². The SMILES string of the molecule is CC(=O)N1CCC(Oc2cc(C(=O)NCc3ccc(Cl)cc3)ncc2C(C=NCCO)=CN)CC1. The molecule has 2 heterocycles. The summed E-state index contributed by atoms with van der Waals surface area (Å²) in [5.41, 5.74) is 8.06. The summed E-state index contributed by atoms with van der Waals surface area (Å²) in [6.45, 7) is 3.23. The van der Waals surface area contributed by atoms with Gasteiger partial charge in [0.05, 0.1) is 13.2 Å². The third-order valence-electron chi connectivity index (χ3n) is 5.60. The smallest absolute Gasteiger partial charge is 0.270 e. The first-order valence-corrected chi connectivity index (χ1v) is 11.8. The summed E-state index contributed by atoms with van der Waals surface area (Å²) in [4.78, 5) is 34.7. The molecule has 1 fully saturated rings. The summed E-state index contributed by atoms with van der Waals surface area (Å²) in [6.07, 6.45) is 5.65. The maximum Gasteiger partial charge on any atom is 0.270 e. The van der Waals surface area contributed by atoms with E-state index in [0.717, 1.165) is 5.56 Å². The second kappa shape index (κ2) is 12.9. The maximum atomic E-state index is 12.8. The molecule has 0 spiro atoms. The number of allylic oxidation sites excluding steroid dienone is 1. The Morgan fingerprint density at radius 3 is 2.66 bits per heavy atom. The monoisotopic (exact) mass is 499 g/mol. The Balaban J connectivity index is 1.80. The summed E-state index contributed by atoms with van der Waals surface area (Å²) >= 11 is 5.92. The second-order valence-electron chi connectivity index (χ2n) is 8.08. The van der Waals surface area contributed by atoms with Crippen LogP contribution in [0.15, 0.2) is 47.7 Å². The predicted octanol–water partition coefficient (Wildman–Crippen LogP) is 2.42. The molecule has 0 unspecified atom stereocenters. The van der Waals surface area contributed by atoms with Gasteiger partial charge in [0.15, 0.2) is 0 Å². The highest BCUT2D eigenvalue weighted by Crippen LogP contribution is 2.28. The number of aliphatic hydroxyl groups excluding tert-OH is 1. The maximum absolute atomic E-state index is 12.8. The number of likely N-dealkylation sites (tertiary alicyclic amines) is 1. The van der Waals surface area contributed by atoms with Gasteiger partial charge in [0.2, 0.25) is 5.91 Å². The van der Waals surface area contributed by atoms with E-state index in [1.54, 1.807) is 36.2 Å². The van der Waals surface area contributed by atoms with Crippen LogP contribution in [0.1, 0.15) is 41.4 Å². The minimum absolute atomic E-state index is 0.0427. The molecule has 2 amide bonds. The zero-order valence-corrected chi connectivity index (χ0v) is 20.4. The lowest BCUT2D eigenvalue weighted by Gasteiger charge is -2.32. The lowest BCUT2D eigenvalue weighted by Crippen LogP contribution is -2.40. The molecule has 2 aromatic rings. The molecule has 186 valence electrons. The van der Waals surface area contributed by atoms with Gasteiger partial charge in [-0.05, 0) is 17.7 Å². The second-order valence-corrected chi connectivity index (χ2v) is 8.52. The fourth-order valence-electron chi connectivity index (χ4n) is 3.64. The Morgan fingerprint density at radius 2 is 2.03 bits per heavy atom. The highest BCUT2D eigenvalue weighted by molar-refractivity contribution is 6.30. The van der Waals surface area contributed by atoms with E-state index in [1.165, 1.54) is 12.4 Å². The first-order valence-electron chi connectivity index (χ1n) is 11.4. The van der Waals surface area contributed by atoms with E-state index in [4.69, 9.17) is 27.2 Å². The van der Waals surface area contributed by atoms with Crippen molar-refractivity contribution < 1.29 is 19.4 Å². The van der Waals surface area contributed by atoms with Crippen LogP contribution in [0.3, 0.4) is 0 Å². The van der Waals surface area contributed by atoms with Crippen LogP contribution >= 0.6 is 11.6 Å². The quantitative estimate of drug-likeness (QED) is 0.454. The van der Waals surface area contributed by atoms with Gasteiger partial charge < -0.3 is 25.8 Å². The molecule has 0 saturated carbocycles. The average Bonchev–Trinajstić information content (AvgIpc) is 2.87.